The van der Waals surface area contributed by atoms with Crippen LogP contribution in [-0.4, -0.2) is 18.8 Å². The van der Waals surface area contributed by atoms with Crippen molar-refractivity contribution in [3.63, 3.8) is 0 Å². The molecule has 0 amide bonds. The van der Waals surface area contributed by atoms with Gasteiger partial charge >= 0.3 is 0 Å². The van der Waals surface area contributed by atoms with Crippen LogP contribution in [0.25, 0.3) is 0 Å². The number of nitrogens with zero attached hydrogens (tertiary/aromatic N) is 1. The fourth-order valence-corrected chi connectivity index (χ4v) is 10.1. The molecule has 0 bridgehead atoms. The molecule has 0 fully saturated rings. The van der Waals surface area contributed by atoms with E-state index in [0.717, 1.165) is 5.51 Å². The number of aromatic nitrogens is 1. The summed E-state index contributed by atoms with van der Waals surface area (Å²) < 4.78 is 6.05. The van der Waals surface area contributed by atoms with E-state index in [-0.39, 0.29) is 5.78 Å². The van der Waals surface area contributed by atoms with E-state index < -0.39 is 8.07 Å². The van der Waals surface area contributed by atoms with Gasteiger partial charge < -0.3 is 4.42 Å². The Kier molecular flexibility index (Phi) is 5.25. The molecule has 23 heavy (non-hydrogen) atoms. The monoisotopic (exact) mass is 329 g/mol. The average molecular weight is 330 g/mol. The third kappa shape index (κ3) is 3.04. The zero-order chi connectivity index (χ0) is 17.2. The molecular weight excluding hydrogens is 302 g/mol. The van der Waals surface area contributed by atoms with Crippen LogP contribution in [0.15, 0.2) is 40.9 Å². The van der Waals surface area contributed by atoms with Crippen LogP contribution < -0.4 is 5.51 Å². The summed E-state index contributed by atoms with van der Waals surface area (Å²) >= 11 is 0. The molecule has 0 saturated heterocycles. The number of hydrogen-bond donors (Lipinski definition) is 0. The molecular formula is C19H27NO2Si. The van der Waals surface area contributed by atoms with E-state index >= 15 is 0 Å². The smallest absolute Gasteiger partial charge is 0.229 e. The predicted octanol–water partition coefficient (Wildman–Crippen LogP) is 4.79. The quantitative estimate of drug-likeness (QED) is 0.565. The van der Waals surface area contributed by atoms with Gasteiger partial charge in [-0.25, -0.2) is 4.98 Å². The molecule has 4 heteroatoms. The maximum absolute atomic E-state index is 12.6. The zero-order valence-electron chi connectivity index (χ0n) is 15.0. The van der Waals surface area contributed by atoms with Crippen molar-refractivity contribution in [2.45, 2.75) is 58.2 Å². The minimum atomic E-state index is -1.96. The minimum absolute atomic E-state index is 0.0940. The molecule has 0 unspecified atom stereocenters. The first-order valence-corrected chi connectivity index (χ1v) is 10.6. The first-order valence-electron chi connectivity index (χ1n) is 8.37. The van der Waals surface area contributed by atoms with Gasteiger partial charge in [-0.3, -0.25) is 4.79 Å². The van der Waals surface area contributed by atoms with E-state index in [2.05, 4.69) is 46.5 Å². The summed E-state index contributed by atoms with van der Waals surface area (Å²) in [5.41, 5.74) is 2.96. The summed E-state index contributed by atoms with van der Waals surface area (Å²) in [5, 5.41) is 0. The number of rotatable bonds is 6. The standard InChI is InChI=1S/C19H27NO2Si/c1-13(2)23(14(3)4,15(5)6)19-20-12-17(22-19)18(21)16-10-8-7-9-11-16/h7-15H,1-6H3. The molecule has 124 valence electrons. The molecule has 0 saturated carbocycles. The van der Waals surface area contributed by atoms with Gasteiger partial charge in [-0.15, -0.1) is 0 Å². The first kappa shape index (κ1) is 17.7. The topological polar surface area (TPSA) is 43.1 Å². The molecule has 0 spiro atoms. The van der Waals surface area contributed by atoms with E-state index in [1.807, 2.05) is 30.3 Å². The van der Waals surface area contributed by atoms with Gasteiger partial charge in [0.15, 0.2) is 19.3 Å². The van der Waals surface area contributed by atoms with Gasteiger partial charge in [0.2, 0.25) is 5.78 Å². The Morgan fingerprint density at radius 1 is 0.957 bits per heavy atom. The minimum Gasteiger partial charge on any atom is -0.442 e. The maximum atomic E-state index is 12.6. The number of carbonyl (C=O) groups excluding carboxylic acids is 1. The van der Waals surface area contributed by atoms with Crippen molar-refractivity contribution in [3.05, 3.63) is 47.9 Å². The van der Waals surface area contributed by atoms with Crippen LogP contribution in [0.3, 0.4) is 0 Å². The van der Waals surface area contributed by atoms with Gasteiger partial charge in [0.05, 0.1) is 6.20 Å². The van der Waals surface area contributed by atoms with Crippen molar-refractivity contribution < 1.29 is 9.21 Å². The number of carbonyl (C=O) groups is 1. The fourth-order valence-electron chi connectivity index (χ4n) is 4.05. The highest BCUT2D eigenvalue weighted by Gasteiger charge is 2.49. The summed E-state index contributed by atoms with van der Waals surface area (Å²) in [6.45, 7) is 13.6. The lowest BCUT2D eigenvalue weighted by molar-refractivity contribution is 0.101. The molecule has 0 radical (unpaired) electrons. The maximum Gasteiger partial charge on any atom is 0.229 e. The Morgan fingerprint density at radius 2 is 1.48 bits per heavy atom. The van der Waals surface area contributed by atoms with Gasteiger partial charge in [0, 0.05) is 5.56 Å². The lowest BCUT2D eigenvalue weighted by Crippen LogP contribution is -2.56. The number of benzene rings is 1. The number of hydrogen-bond acceptors (Lipinski definition) is 3. The molecule has 1 heterocycles. The molecule has 1 aromatic heterocycles. The van der Waals surface area contributed by atoms with Crippen LogP contribution in [-0.2, 0) is 0 Å². The molecule has 0 aliphatic rings. The normalized spacial score (nSPS) is 12.4. The summed E-state index contributed by atoms with van der Waals surface area (Å²) in [5.74, 6) is 0.258. The zero-order valence-corrected chi connectivity index (χ0v) is 16.0. The van der Waals surface area contributed by atoms with Gasteiger partial charge in [-0.05, 0) is 16.6 Å². The molecule has 0 atom stereocenters. The van der Waals surface area contributed by atoms with E-state index in [4.69, 9.17) is 4.42 Å². The van der Waals surface area contributed by atoms with Crippen molar-refractivity contribution in [1.82, 2.24) is 4.98 Å². The lowest BCUT2D eigenvalue weighted by Gasteiger charge is -2.39. The first-order chi connectivity index (χ1) is 10.8. The second-order valence-electron chi connectivity index (χ2n) is 7.12. The molecule has 2 aromatic rings. The molecule has 0 N–H and O–H groups in total. The molecule has 3 nitrogen and oxygen atoms in total. The van der Waals surface area contributed by atoms with Crippen molar-refractivity contribution in [3.8, 4) is 0 Å². The SMILES string of the molecule is CC(C)[Si](c1ncc(C(=O)c2ccccc2)o1)(C(C)C)C(C)C. The second kappa shape index (κ2) is 6.83. The molecule has 0 aliphatic carbocycles. The van der Waals surface area contributed by atoms with Crippen molar-refractivity contribution >= 4 is 19.4 Å². The Balaban J connectivity index is 2.46. The number of ketones is 1. The van der Waals surface area contributed by atoms with Crippen LogP contribution in [0, 0.1) is 0 Å². The van der Waals surface area contributed by atoms with Crippen LogP contribution in [0.4, 0.5) is 0 Å². The Bertz CT molecular complexity index is 637. The van der Waals surface area contributed by atoms with Crippen LogP contribution >= 0.6 is 0 Å². The van der Waals surface area contributed by atoms with Gasteiger partial charge in [-0.1, -0.05) is 71.9 Å². The van der Waals surface area contributed by atoms with E-state index in [1.54, 1.807) is 6.20 Å². The summed E-state index contributed by atoms with van der Waals surface area (Å²) in [4.78, 5) is 17.2. The van der Waals surface area contributed by atoms with E-state index in [1.165, 1.54) is 0 Å². The van der Waals surface area contributed by atoms with E-state index in [0.29, 0.717) is 27.9 Å². The second-order valence-corrected chi connectivity index (χ2v) is 12.9. The van der Waals surface area contributed by atoms with Crippen molar-refractivity contribution in [2.75, 3.05) is 0 Å². The number of oxazole rings is 1. The predicted molar refractivity (Wildman–Crippen MR) is 97.1 cm³/mol. The average Bonchev–Trinajstić information content (AvgIpc) is 2.96. The van der Waals surface area contributed by atoms with Crippen LogP contribution in [0.2, 0.25) is 16.6 Å². The van der Waals surface area contributed by atoms with Gasteiger partial charge in [-0.2, -0.15) is 0 Å². The van der Waals surface area contributed by atoms with Gasteiger partial charge in [0.25, 0.3) is 0 Å². The van der Waals surface area contributed by atoms with Crippen LogP contribution in [0.1, 0.15) is 57.7 Å². The summed E-state index contributed by atoms with van der Waals surface area (Å²) in [7, 11) is -1.96. The molecule has 2 rings (SSSR count). The highest BCUT2D eigenvalue weighted by molar-refractivity contribution is 6.93. The van der Waals surface area contributed by atoms with Gasteiger partial charge in [0.1, 0.15) is 0 Å². The highest BCUT2D eigenvalue weighted by Crippen LogP contribution is 2.40. The third-order valence-corrected chi connectivity index (χ3v) is 11.7. The third-order valence-electron chi connectivity index (χ3n) is 5.00. The van der Waals surface area contributed by atoms with Crippen molar-refractivity contribution in [1.29, 1.82) is 0 Å². The van der Waals surface area contributed by atoms with Crippen molar-refractivity contribution in [2.24, 2.45) is 0 Å². The molecule has 0 aliphatic heterocycles. The summed E-state index contributed by atoms with van der Waals surface area (Å²) in [6.07, 6.45) is 1.61. The molecule has 1 aromatic carbocycles. The van der Waals surface area contributed by atoms with E-state index in [9.17, 15) is 4.79 Å². The Labute approximate surface area is 140 Å². The van der Waals surface area contributed by atoms with Crippen LogP contribution in [0.5, 0.6) is 0 Å². The lowest BCUT2D eigenvalue weighted by atomic mass is 10.1. The Morgan fingerprint density at radius 3 is 1.96 bits per heavy atom. The summed E-state index contributed by atoms with van der Waals surface area (Å²) in [6, 6.07) is 9.24. The fraction of sp³-hybridized carbons (Fsp3) is 0.474. The largest absolute Gasteiger partial charge is 0.442 e. The Hall–Kier alpha value is -1.68. The highest BCUT2D eigenvalue weighted by atomic mass is 28.3.